The van der Waals surface area contributed by atoms with Gasteiger partial charge in [-0.15, -0.1) is 0 Å². The van der Waals surface area contributed by atoms with E-state index in [1.54, 1.807) is 25.1 Å². The summed E-state index contributed by atoms with van der Waals surface area (Å²) >= 11 is 6.56. The Morgan fingerprint density at radius 3 is 2.70 bits per heavy atom. The van der Waals surface area contributed by atoms with Gasteiger partial charge in [0, 0.05) is 8.95 Å². The number of nitrogens with one attached hydrogen (secondary N) is 2. The van der Waals surface area contributed by atoms with Crippen LogP contribution in [0.2, 0.25) is 0 Å². The van der Waals surface area contributed by atoms with Gasteiger partial charge in [-0.2, -0.15) is 0 Å². The van der Waals surface area contributed by atoms with Crippen molar-refractivity contribution in [3.05, 3.63) is 32.7 Å². The second-order valence-electron chi connectivity index (χ2n) is 4.76. The number of halogens is 2. The van der Waals surface area contributed by atoms with E-state index in [0.29, 0.717) is 10.0 Å². The number of carbonyl (C=O) groups excluding carboxylic acids is 3. The molecule has 2 rings (SSSR count). The Labute approximate surface area is 149 Å². The Morgan fingerprint density at radius 1 is 1.30 bits per heavy atom. The lowest BCUT2D eigenvalue weighted by molar-refractivity contribution is -0.135. The number of hydrogen-bond acceptors (Lipinski definition) is 5. The van der Waals surface area contributed by atoms with E-state index in [2.05, 4.69) is 42.5 Å². The lowest BCUT2D eigenvalue weighted by Crippen LogP contribution is -2.42. The maximum Gasteiger partial charge on any atom is 0.548 e. The average molecular weight is 448 g/mol. The Bertz CT molecular complexity index is 643. The molecule has 1 aliphatic rings. The smallest absolute Gasteiger partial charge is 0.507 e. The fourth-order valence-electron chi connectivity index (χ4n) is 1.81. The van der Waals surface area contributed by atoms with Gasteiger partial charge in [0.15, 0.2) is 0 Å². The SMILES string of the molecule is C[C@@H]1OB(CNC(=O)CNC(=O)c2cc(Br)ccc2Br)OC1=O. The fourth-order valence-corrected chi connectivity index (χ4v) is 2.60. The third-order valence-electron chi connectivity index (χ3n) is 2.98. The zero-order chi connectivity index (χ0) is 17.0. The predicted octanol–water partition coefficient (Wildman–Crippen LogP) is 1.05. The van der Waals surface area contributed by atoms with Crippen molar-refractivity contribution in [2.75, 3.05) is 13.0 Å². The summed E-state index contributed by atoms with van der Waals surface area (Å²) in [6.07, 6.45) is -0.601. The van der Waals surface area contributed by atoms with Gasteiger partial charge in [-0.25, -0.2) is 0 Å². The van der Waals surface area contributed by atoms with Gasteiger partial charge in [-0.3, -0.25) is 14.4 Å². The van der Waals surface area contributed by atoms with Crippen LogP contribution in [0.25, 0.3) is 0 Å². The van der Waals surface area contributed by atoms with E-state index in [0.717, 1.165) is 4.47 Å². The molecule has 0 spiro atoms. The normalized spacial score (nSPS) is 16.9. The highest BCUT2D eigenvalue weighted by atomic mass is 79.9. The van der Waals surface area contributed by atoms with Gasteiger partial charge < -0.3 is 19.9 Å². The lowest BCUT2D eigenvalue weighted by Gasteiger charge is -2.09. The van der Waals surface area contributed by atoms with Crippen LogP contribution in [0.3, 0.4) is 0 Å². The largest absolute Gasteiger partial charge is 0.548 e. The van der Waals surface area contributed by atoms with E-state index in [9.17, 15) is 14.4 Å². The standard InChI is InChI=1S/C13H13BBr2N2O5/c1-7-13(21)23-14(22-7)6-18-11(19)5-17-12(20)9-4-8(15)2-3-10(9)16/h2-4,7H,5-6H2,1H3,(H,17,20)(H,18,19)/t7-/m0/s1. The molecule has 10 heteroatoms. The molecule has 0 aromatic heterocycles. The Hall–Kier alpha value is -1.39. The minimum Gasteiger partial charge on any atom is -0.507 e. The molecule has 23 heavy (non-hydrogen) atoms. The lowest BCUT2D eigenvalue weighted by atomic mass is 9.91. The van der Waals surface area contributed by atoms with Crippen LogP contribution in [0.4, 0.5) is 0 Å². The molecule has 7 nitrogen and oxygen atoms in total. The van der Waals surface area contributed by atoms with Crippen molar-refractivity contribution in [1.29, 1.82) is 0 Å². The first-order valence-electron chi connectivity index (χ1n) is 6.72. The van der Waals surface area contributed by atoms with Crippen molar-refractivity contribution in [3.63, 3.8) is 0 Å². The van der Waals surface area contributed by atoms with E-state index in [1.807, 2.05) is 0 Å². The van der Waals surface area contributed by atoms with E-state index in [1.165, 1.54) is 0 Å². The van der Waals surface area contributed by atoms with Crippen molar-refractivity contribution >= 4 is 56.8 Å². The van der Waals surface area contributed by atoms with E-state index in [-0.39, 0.29) is 18.9 Å². The summed E-state index contributed by atoms with van der Waals surface area (Å²) in [5, 5.41) is 5.03. The van der Waals surface area contributed by atoms with Gasteiger partial charge >= 0.3 is 13.1 Å². The van der Waals surface area contributed by atoms with Gasteiger partial charge in [0.2, 0.25) is 5.91 Å². The fraction of sp³-hybridized carbons (Fsp3) is 0.308. The molecule has 1 atom stereocenters. The highest BCUT2D eigenvalue weighted by Crippen LogP contribution is 2.21. The number of amides is 2. The van der Waals surface area contributed by atoms with Crippen molar-refractivity contribution in [2.45, 2.75) is 13.0 Å². The minimum atomic E-state index is -0.795. The molecule has 122 valence electrons. The van der Waals surface area contributed by atoms with Crippen LogP contribution in [-0.4, -0.2) is 44.0 Å². The molecule has 1 heterocycles. The summed E-state index contributed by atoms with van der Waals surface area (Å²) in [5.41, 5.74) is 0.411. The molecule has 1 fully saturated rings. The molecule has 2 amide bonds. The zero-order valence-electron chi connectivity index (χ0n) is 12.1. The maximum absolute atomic E-state index is 12.0. The molecule has 0 saturated carbocycles. The molecule has 1 aliphatic heterocycles. The van der Waals surface area contributed by atoms with E-state index in [4.69, 9.17) is 9.31 Å². The summed E-state index contributed by atoms with van der Waals surface area (Å²) in [5.74, 6) is -1.26. The second-order valence-corrected chi connectivity index (χ2v) is 6.53. The molecule has 0 radical (unpaired) electrons. The van der Waals surface area contributed by atoms with E-state index >= 15 is 0 Å². The number of benzene rings is 1. The summed E-state index contributed by atoms with van der Waals surface area (Å²) in [4.78, 5) is 34.9. The molecule has 1 saturated heterocycles. The minimum absolute atomic E-state index is 0.0331. The average Bonchev–Trinajstić information content (AvgIpc) is 2.83. The van der Waals surface area contributed by atoms with Crippen LogP contribution in [-0.2, 0) is 18.9 Å². The monoisotopic (exact) mass is 446 g/mol. The molecule has 1 aromatic rings. The van der Waals surface area contributed by atoms with Crippen molar-refractivity contribution in [2.24, 2.45) is 0 Å². The Kier molecular flexibility index (Phi) is 6.20. The van der Waals surface area contributed by atoms with Crippen LogP contribution < -0.4 is 10.6 Å². The van der Waals surface area contributed by atoms with Crippen LogP contribution >= 0.6 is 31.9 Å². The highest BCUT2D eigenvalue weighted by Gasteiger charge is 2.37. The summed E-state index contributed by atoms with van der Waals surface area (Å²) in [6.45, 7) is 1.37. The maximum atomic E-state index is 12.0. The van der Waals surface area contributed by atoms with Crippen LogP contribution in [0.5, 0.6) is 0 Å². The highest BCUT2D eigenvalue weighted by molar-refractivity contribution is 9.11. The van der Waals surface area contributed by atoms with Crippen molar-refractivity contribution < 1.29 is 23.7 Å². The number of carbonyl (C=O) groups is 3. The van der Waals surface area contributed by atoms with Gasteiger partial charge in [0.05, 0.1) is 18.6 Å². The van der Waals surface area contributed by atoms with Gasteiger partial charge in [-0.1, -0.05) is 15.9 Å². The van der Waals surface area contributed by atoms with Crippen molar-refractivity contribution in [1.82, 2.24) is 10.6 Å². The second kappa shape index (κ2) is 7.94. The summed E-state index contributed by atoms with van der Waals surface area (Å²) in [7, 11) is -0.795. The van der Waals surface area contributed by atoms with Crippen LogP contribution in [0.1, 0.15) is 17.3 Å². The molecule has 2 N–H and O–H groups in total. The Morgan fingerprint density at radius 2 is 2.04 bits per heavy atom. The van der Waals surface area contributed by atoms with Crippen LogP contribution in [0.15, 0.2) is 27.1 Å². The number of hydrogen-bond donors (Lipinski definition) is 2. The molecule has 0 bridgehead atoms. The third kappa shape index (κ3) is 5.05. The van der Waals surface area contributed by atoms with Gasteiger partial charge in [-0.05, 0) is 41.1 Å². The predicted molar refractivity (Wildman–Crippen MR) is 89.6 cm³/mol. The number of rotatable bonds is 5. The first kappa shape index (κ1) is 18.0. The van der Waals surface area contributed by atoms with Crippen molar-refractivity contribution in [3.8, 4) is 0 Å². The summed E-state index contributed by atoms with van der Waals surface area (Å²) < 4.78 is 11.4. The van der Waals surface area contributed by atoms with E-state index < -0.39 is 25.1 Å². The molecular weight excluding hydrogens is 435 g/mol. The topological polar surface area (TPSA) is 93.7 Å². The van der Waals surface area contributed by atoms with Gasteiger partial charge in [0.25, 0.3) is 5.91 Å². The molecule has 0 unspecified atom stereocenters. The quantitative estimate of drug-likeness (QED) is 0.658. The Balaban J connectivity index is 1.77. The van der Waals surface area contributed by atoms with Gasteiger partial charge in [0.1, 0.15) is 6.10 Å². The summed E-state index contributed by atoms with van der Waals surface area (Å²) in [6, 6.07) is 5.16. The van der Waals surface area contributed by atoms with Crippen LogP contribution in [0, 0.1) is 0 Å². The zero-order valence-corrected chi connectivity index (χ0v) is 15.3. The first-order valence-corrected chi connectivity index (χ1v) is 8.31. The molecule has 0 aliphatic carbocycles. The molecular formula is C13H13BBr2N2O5. The first-order chi connectivity index (χ1) is 10.9. The third-order valence-corrected chi connectivity index (χ3v) is 4.17. The molecule has 1 aromatic carbocycles.